The monoisotopic (exact) mass is 281 g/mol. The molecule has 0 heterocycles. The molecular formula is C16H15N3O2. The summed E-state index contributed by atoms with van der Waals surface area (Å²) in [6, 6.07) is 14.0. The fourth-order valence-electron chi connectivity index (χ4n) is 2.05. The van der Waals surface area contributed by atoms with Crippen LogP contribution in [-0.2, 0) is 0 Å². The Balaban J connectivity index is 2.19. The second kappa shape index (κ2) is 6.06. The van der Waals surface area contributed by atoms with Crippen LogP contribution < -0.4 is 5.32 Å². The predicted octanol–water partition coefficient (Wildman–Crippen LogP) is 3.95. The zero-order chi connectivity index (χ0) is 15.4. The van der Waals surface area contributed by atoms with Crippen molar-refractivity contribution in [1.82, 2.24) is 0 Å². The van der Waals surface area contributed by atoms with Crippen molar-refractivity contribution in [3.8, 4) is 6.07 Å². The second-order valence-corrected chi connectivity index (χ2v) is 4.86. The third-order valence-electron chi connectivity index (χ3n) is 3.34. The topological polar surface area (TPSA) is 79.0 Å². The van der Waals surface area contributed by atoms with Crippen molar-refractivity contribution in [2.24, 2.45) is 0 Å². The van der Waals surface area contributed by atoms with E-state index in [1.165, 1.54) is 12.1 Å². The van der Waals surface area contributed by atoms with Crippen molar-refractivity contribution >= 4 is 11.4 Å². The number of nitrogens with one attached hydrogen (secondary N) is 1. The summed E-state index contributed by atoms with van der Waals surface area (Å²) in [5.74, 6) is 0. The van der Waals surface area contributed by atoms with Crippen molar-refractivity contribution in [2.75, 3.05) is 5.32 Å². The number of non-ortho nitro benzene ring substituents is 1. The Morgan fingerprint density at radius 1 is 1.24 bits per heavy atom. The van der Waals surface area contributed by atoms with Gasteiger partial charge in [0.2, 0.25) is 0 Å². The first kappa shape index (κ1) is 14.5. The largest absolute Gasteiger partial charge is 0.378 e. The highest BCUT2D eigenvalue weighted by Crippen LogP contribution is 2.24. The van der Waals surface area contributed by atoms with Gasteiger partial charge in [-0.15, -0.1) is 0 Å². The maximum absolute atomic E-state index is 10.6. The van der Waals surface area contributed by atoms with Gasteiger partial charge in [0, 0.05) is 23.9 Å². The van der Waals surface area contributed by atoms with Crippen LogP contribution in [0.1, 0.15) is 29.7 Å². The molecule has 0 radical (unpaired) electrons. The van der Waals surface area contributed by atoms with Gasteiger partial charge in [0.05, 0.1) is 16.6 Å². The Bertz CT molecular complexity index is 702. The average molecular weight is 281 g/mol. The van der Waals surface area contributed by atoms with Gasteiger partial charge in [0.1, 0.15) is 0 Å². The molecule has 5 heteroatoms. The molecule has 0 spiro atoms. The summed E-state index contributed by atoms with van der Waals surface area (Å²) in [6.07, 6.45) is 0. The Morgan fingerprint density at radius 3 is 2.48 bits per heavy atom. The normalized spacial score (nSPS) is 11.5. The lowest BCUT2D eigenvalue weighted by Crippen LogP contribution is -2.08. The molecule has 2 rings (SSSR count). The van der Waals surface area contributed by atoms with Gasteiger partial charge < -0.3 is 5.32 Å². The van der Waals surface area contributed by atoms with E-state index in [0.29, 0.717) is 5.56 Å². The minimum absolute atomic E-state index is 0.0153. The molecule has 0 amide bonds. The Kier molecular flexibility index (Phi) is 4.19. The van der Waals surface area contributed by atoms with E-state index in [1.807, 2.05) is 19.9 Å². The molecule has 21 heavy (non-hydrogen) atoms. The Hall–Kier alpha value is -2.87. The summed E-state index contributed by atoms with van der Waals surface area (Å²) in [5.41, 5.74) is 3.55. The highest BCUT2D eigenvalue weighted by Gasteiger charge is 2.10. The van der Waals surface area contributed by atoms with E-state index < -0.39 is 4.92 Å². The summed E-state index contributed by atoms with van der Waals surface area (Å²) in [6.45, 7) is 3.94. The molecular weight excluding hydrogens is 266 g/mol. The van der Waals surface area contributed by atoms with E-state index >= 15 is 0 Å². The number of hydrogen-bond acceptors (Lipinski definition) is 4. The zero-order valence-electron chi connectivity index (χ0n) is 11.8. The molecule has 0 aliphatic heterocycles. The van der Waals surface area contributed by atoms with Gasteiger partial charge in [-0.05, 0) is 37.1 Å². The van der Waals surface area contributed by atoms with Crippen molar-refractivity contribution in [1.29, 1.82) is 5.26 Å². The fourth-order valence-corrected chi connectivity index (χ4v) is 2.05. The number of anilines is 1. The van der Waals surface area contributed by atoms with Crippen molar-refractivity contribution in [3.63, 3.8) is 0 Å². The summed E-state index contributed by atoms with van der Waals surface area (Å²) in [4.78, 5) is 10.2. The minimum Gasteiger partial charge on any atom is -0.378 e. The number of hydrogen-bond donors (Lipinski definition) is 1. The first-order chi connectivity index (χ1) is 10.0. The van der Waals surface area contributed by atoms with E-state index in [9.17, 15) is 10.1 Å². The Labute approximate surface area is 123 Å². The van der Waals surface area contributed by atoms with Crippen LogP contribution in [0.4, 0.5) is 11.4 Å². The third kappa shape index (κ3) is 3.37. The minimum atomic E-state index is -0.414. The van der Waals surface area contributed by atoms with Gasteiger partial charge in [-0.2, -0.15) is 5.26 Å². The van der Waals surface area contributed by atoms with Gasteiger partial charge in [-0.1, -0.05) is 18.2 Å². The van der Waals surface area contributed by atoms with E-state index in [4.69, 9.17) is 5.26 Å². The average Bonchev–Trinajstić information content (AvgIpc) is 2.49. The molecule has 2 aromatic carbocycles. The summed E-state index contributed by atoms with van der Waals surface area (Å²) in [7, 11) is 0. The van der Waals surface area contributed by atoms with Crippen LogP contribution in [0.2, 0.25) is 0 Å². The van der Waals surface area contributed by atoms with Crippen LogP contribution in [0.15, 0.2) is 42.5 Å². The number of nitro groups is 1. The molecule has 1 unspecified atom stereocenters. The standard InChI is InChI=1S/C16H15N3O2/c1-11-3-4-13(10-17)9-16(11)18-12(2)14-5-7-15(8-6-14)19(20)21/h3-9,12,18H,1-2H3. The lowest BCUT2D eigenvalue weighted by atomic mass is 10.1. The molecule has 0 bridgehead atoms. The number of nitrogens with zero attached hydrogens (tertiary/aromatic N) is 2. The number of nitro benzene ring substituents is 1. The Morgan fingerprint density at radius 2 is 1.90 bits per heavy atom. The molecule has 0 aromatic heterocycles. The first-order valence-corrected chi connectivity index (χ1v) is 6.53. The van der Waals surface area contributed by atoms with Crippen molar-refractivity contribution < 1.29 is 4.92 Å². The fraction of sp³-hybridized carbons (Fsp3) is 0.188. The molecule has 0 saturated heterocycles. The summed E-state index contributed by atoms with van der Waals surface area (Å²) < 4.78 is 0. The molecule has 0 saturated carbocycles. The van der Waals surface area contributed by atoms with Gasteiger partial charge in [-0.3, -0.25) is 10.1 Å². The molecule has 2 aromatic rings. The van der Waals surface area contributed by atoms with Gasteiger partial charge in [0.15, 0.2) is 0 Å². The van der Waals surface area contributed by atoms with Crippen LogP contribution in [0, 0.1) is 28.4 Å². The maximum atomic E-state index is 10.6. The highest BCUT2D eigenvalue weighted by molar-refractivity contribution is 5.56. The molecule has 5 nitrogen and oxygen atoms in total. The smallest absolute Gasteiger partial charge is 0.269 e. The SMILES string of the molecule is Cc1ccc(C#N)cc1NC(C)c1ccc([N+](=O)[O-])cc1. The lowest BCUT2D eigenvalue weighted by molar-refractivity contribution is -0.384. The lowest BCUT2D eigenvalue weighted by Gasteiger charge is -2.17. The first-order valence-electron chi connectivity index (χ1n) is 6.53. The number of rotatable bonds is 4. The number of benzene rings is 2. The van der Waals surface area contributed by atoms with Gasteiger partial charge in [0.25, 0.3) is 5.69 Å². The van der Waals surface area contributed by atoms with Crippen LogP contribution in [-0.4, -0.2) is 4.92 Å². The molecule has 1 N–H and O–H groups in total. The quantitative estimate of drug-likeness (QED) is 0.679. The maximum Gasteiger partial charge on any atom is 0.269 e. The third-order valence-corrected chi connectivity index (χ3v) is 3.34. The molecule has 0 aliphatic carbocycles. The van der Waals surface area contributed by atoms with Crippen molar-refractivity contribution in [2.45, 2.75) is 19.9 Å². The second-order valence-electron chi connectivity index (χ2n) is 4.86. The van der Waals surface area contributed by atoms with Crippen LogP contribution in [0.5, 0.6) is 0 Å². The molecule has 0 fully saturated rings. The molecule has 106 valence electrons. The van der Waals surface area contributed by atoms with E-state index in [1.54, 1.807) is 24.3 Å². The van der Waals surface area contributed by atoms with Crippen LogP contribution in [0.3, 0.4) is 0 Å². The van der Waals surface area contributed by atoms with Crippen molar-refractivity contribution in [3.05, 3.63) is 69.3 Å². The highest BCUT2D eigenvalue weighted by atomic mass is 16.6. The zero-order valence-corrected chi connectivity index (χ0v) is 11.8. The van der Waals surface area contributed by atoms with Crippen LogP contribution in [0.25, 0.3) is 0 Å². The van der Waals surface area contributed by atoms with E-state index in [-0.39, 0.29) is 11.7 Å². The summed E-state index contributed by atoms with van der Waals surface area (Å²) in [5, 5.41) is 22.9. The number of nitriles is 1. The van der Waals surface area contributed by atoms with Crippen LogP contribution >= 0.6 is 0 Å². The predicted molar refractivity (Wildman–Crippen MR) is 81.0 cm³/mol. The van der Waals surface area contributed by atoms with Gasteiger partial charge in [-0.25, -0.2) is 0 Å². The van der Waals surface area contributed by atoms with Gasteiger partial charge >= 0.3 is 0 Å². The van der Waals surface area contributed by atoms with E-state index in [0.717, 1.165) is 16.8 Å². The number of aryl methyl sites for hydroxylation is 1. The molecule has 0 aliphatic rings. The van der Waals surface area contributed by atoms with E-state index in [2.05, 4.69) is 11.4 Å². The summed E-state index contributed by atoms with van der Waals surface area (Å²) >= 11 is 0. The molecule has 1 atom stereocenters.